The molecule has 1 aromatic carbocycles. The maximum Gasteiger partial charge on any atom is 0.315 e. The smallest absolute Gasteiger partial charge is 0.315 e. The molecular weight excluding hydrogens is 336 g/mol. The summed E-state index contributed by atoms with van der Waals surface area (Å²) in [5, 5.41) is 0. The lowest BCUT2D eigenvalue weighted by Crippen LogP contribution is -2.39. The van der Waals surface area contributed by atoms with E-state index >= 15 is 0 Å². The van der Waals surface area contributed by atoms with Gasteiger partial charge in [-0.1, -0.05) is 6.08 Å². The predicted molar refractivity (Wildman–Crippen MR) is 96.2 cm³/mol. The van der Waals surface area contributed by atoms with Crippen molar-refractivity contribution in [2.24, 2.45) is 5.92 Å². The van der Waals surface area contributed by atoms with Crippen LogP contribution in [0.2, 0.25) is 0 Å². The topological polar surface area (TPSA) is 63.2 Å². The summed E-state index contributed by atoms with van der Waals surface area (Å²) in [5.74, 6) is 0.661. The normalized spacial score (nSPS) is 24.5. The zero-order valence-corrected chi connectivity index (χ0v) is 15.9. The highest BCUT2D eigenvalue weighted by atomic mass is 16.7. The number of hydrogen-bond acceptors (Lipinski definition) is 6. The van der Waals surface area contributed by atoms with E-state index in [0.29, 0.717) is 12.2 Å². The van der Waals surface area contributed by atoms with Crippen LogP contribution in [0.25, 0.3) is 5.57 Å². The fourth-order valence-corrected chi connectivity index (χ4v) is 3.58. The molecule has 0 bridgehead atoms. The van der Waals surface area contributed by atoms with E-state index in [-0.39, 0.29) is 31.1 Å². The van der Waals surface area contributed by atoms with Crippen molar-refractivity contribution in [3.63, 3.8) is 0 Å². The zero-order valence-electron chi connectivity index (χ0n) is 15.9. The van der Waals surface area contributed by atoms with E-state index in [1.165, 1.54) is 7.11 Å². The van der Waals surface area contributed by atoms with Gasteiger partial charge < -0.3 is 23.7 Å². The van der Waals surface area contributed by atoms with Gasteiger partial charge in [-0.3, -0.25) is 4.79 Å². The molecule has 0 N–H and O–H groups in total. The number of carbonyl (C=O) groups excluding carboxylic acids is 1. The molecule has 2 aliphatic rings. The molecule has 0 saturated heterocycles. The van der Waals surface area contributed by atoms with Crippen LogP contribution >= 0.6 is 0 Å². The predicted octanol–water partition coefficient (Wildman–Crippen LogP) is 3.11. The number of ether oxygens (including phenoxy) is 5. The number of aryl methyl sites for hydroxylation is 1. The lowest BCUT2D eigenvalue weighted by Gasteiger charge is -2.35. The molecule has 0 amide bonds. The van der Waals surface area contributed by atoms with Crippen molar-refractivity contribution in [3.8, 4) is 11.5 Å². The molecule has 1 aromatic rings. The first kappa shape index (κ1) is 18.7. The molecule has 1 aliphatic carbocycles. The summed E-state index contributed by atoms with van der Waals surface area (Å²) in [6.45, 7) is 6.14. The highest BCUT2D eigenvalue weighted by molar-refractivity contribution is 5.82. The standard InChI is InChI=1S/C20H26O6/c1-11(2)26-17-9-16(22-4)14(7-15(17)20(21)23-5)13-8-19-18(6-12(13)3)24-10-25-19/h6-8,11,15-17H,9-10H2,1-5H3. The van der Waals surface area contributed by atoms with Crippen LogP contribution < -0.4 is 9.47 Å². The fourth-order valence-electron chi connectivity index (χ4n) is 3.58. The summed E-state index contributed by atoms with van der Waals surface area (Å²) < 4.78 is 27.7. The molecule has 6 heteroatoms. The van der Waals surface area contributed by atoms with E-state index < -0.39 is 5.92 Å². The van der Waals surface area contributed by atoms with E-state index in [4.69, 9.17) is 23.7 Å². The van der Waals surface area contributed by atoms with E-state index in [1.54, 1.807) is 7.11 Å². The first-order valence-electron chi connectivity index (χ1n) is 8.83. The van der Waals surface area contributed by atoms with Gasteiger partial charge in [0.1, 0.15) is 5.92 Å². The Kier molecular flexibility index (Phi) is 5.53. The minimum absolute atomic E-state index is 0.00638. The van der Waals surface area contributed by atoms with Gasteiger partial charge in [-0.15, -0.1) is 0 Å². The summed E-state index contributed by atoms with van der Waals surface area (Å²) >= 11 is 0. The van der Waals surface area contributed by atoms with Crippen molar-refractivity contribution in [1.29, 1.82) is 0 Å². The van der Waals surface area contributed by atoms with Gasteiger partial charge in [0.25, 0.3) is 0 Å². The highest BCUT2D eigenvalue weighted by Gasteiger charge is 2.38. The number of hydrogen-bond donors (Lipinski definition) is 0. The Bertz CT molecular complexity index is 708. The number of methoxy groups -OCH3 is 2. The maximum atomic E-state index is 12.4. The minimum atomic E-state index is -0.478. The Morgan fingerprint density at radius 3 is 2.50 bits per heavy atom. The Morgan fingerprint density at radius 1 is 1.19 bits per heavy atom. The second-order valence-electron chi connectivity index (χ2n) is 6.87. The van der Waals surface area contributed by atoms with Gasteiger partial charge in [0, 0.05) is 13.5 Å². The molecule has 0 saturated carbocycles. The Morgan fingerprint density at radius 2 is 1.88 bits per heavy atom. The Balaban J connectivity index is 2.03. The molecule has 3 unspecified atom stereocenters. The SMILES string of the molecule is COC(=O)C1C=C(c2cc3c(cc2C)OCO3)C(OC)CC1OC(C)C. The van der Waals surface area contributed by atoms with Gasteiger partial charge >= 0.3 is 5.97 Å². The third-order valence-corrected chi connectivity index (χ3v) is 4.79. The molecule has 3 rings (SSSR count). The summed E-state index contributed by atoms with van der Waals surface area (Å²) in [6.07, 6.45) is 2.03. The number of fused-ring (bicyclic) bond motifs is 1. The molecule has 0 aromatic heterocycles. The van der Waals surface area contributed by atoms with Crippen LogP contribution in [-0.4, -0.2) is 45.3 Å². The lowest BCUT2D eigenvalue weighted by molar-refractivity contribution is -0.151. The van der Waals surface area contributed by atoms with Crippen LogP contribution in [0.4, 0.5) is 0 Å². The monoisotopic (exact) mass is 362 g/mol. The lowest BCUT2D eigenvalue weighted by atomic mass is 9.81. The molecule has 0 spiro atoms. The van der Waals surface area contributed by atoms with Gasteiger partial charge in [0.2, 0.25) is 6.79 Å². The second kappa shape index (κ2) is 7.68. The van der Waals surface area contributed by atoms with Gasteiger partial charge in [-0.2, -0.15) is 0 Å². The number of esters is 1. The van der Waals surface area contributed by atoms with Crippen molar-refractivity contribution >= 4 is 11.5 Å². The van der Waals surface area contributed by atoms with Crippen LogP contribution in [0.3, 0.4) is 0 Å². The van der Waals surface area contributed by atoms with Gasteiger partial charge in [-0.25, -0.2) is 0 Å². The van der Waals surface area contributed by atoms with E-state index in [0.717, 1.165) is 22.4 Å². The van der Waals surface area contributed by atoms with Crippen LogP contribution in [0, 0.1) is 12.8 Å². The summed E-state index contributed by atoms with van der Waals surface area (Å²) in [7, 11) is 3.07. The van der Waals surface area contributed by atoms with Gasteiger partial charge in [0.05, 0.1) is 25.4 Å². The van der Waals surface area contributed by atoms with Crippen LogP contribution in [0.15, 0.2) is 18.2 Å². The third kappa shape index (κ3) is 3.57. The molecule has 142 valence electrons. The average molecular weight is 362 g/mol. The molecule has 0 fully saturated rings. The molecule has 3 atom stereocenters. The first-order valence-corrected chi connectivity index (χ1v) is 8.83. The molecule has 0 radical (unpaired) electrons. The zero-order chi connectivity index (χ0) is 18.8. The van der Waals surface area contributed by atoms with Crippen molar-refractivity contribution in [1.82, 2.24) is 0 Å². The molecule has 1 heterocycles. The fraction of sp³-hybridized carbons (Fsp3) is 0.550. The van der Waals surface area contributed by atoms with E-state index in [1.807, 2.05) is 39.0 Å². The largest absolute Gasteiger partial charge is 0.468 e. The average Bonchev–Trinajstić information content (AvgIpc) is 3.06. The van der Waals surface area contributed by atoms with Crippen LogP contribution in [0.5, 0.6) is 11.5 Å². The summed E-state index contributed by atoms with van der Waals surface area (Å²) in [5.41, 5.74) is 2.97. The van der Waals surface area contributed by atoms with Crippen molar-refractivity contribution < 1.29 is 28.5 Å². The van der Waals surface area contributed by atoms with Crippen molar-refractivity contribution in [3.05, 3.63) is 29.3 Å². The molecule has 6 nitrogen and oxygen atoms in total. The van der Waals surface area contributed by atoms with Crippen molar-refractivity contribution in [2.75, 3.05) is 21.0 Å². The maximum absolute atomic E-state index is 12.4. The Hall–Kier alpha value is -2.05. The molecular formula is C20H26O6. The first-order chi connectivity index (χ1) is 12.4. The van der Waals surface area contributed by atoms with E-state index in [9.17, 15) is 4.79 Å². The summed E-state index contributed by atoms with van der Waals surface area (Å²) in [4.78, 5) is 12.4. The quantitative estimate of drug-likeness (QED) is 0.750. The van der Waals surface area contributed by atoms with Crippen LogP contribution in [0.1, 0.15) is 31.4 Å². The number of benzene rings is 1. The Labute approximate surface area is 154 Å². The van der Waals surface area contributed by atoms with Gasteiger partial charge in [-0.05, 0) is 49.6 Å². The van der Waals surface area contributed by atoms with Crippen molar-refractivity contribution in [2.45, 2.75) is 45.5 Å². The number of rotatable bonds is 5. The van der Waals surface area contributed by atoms with E-state index in [2.05, 4.69) is 0 Å². The molecule has 1 aliphatic heterocycles. The number of carbonyl (C=O) groups is 1. The minimum Gasteiger partial charge on any atom is -0.468 e. The highest BCUT2D eigenvalue weighted by Crippen LogP contribution is 2.41. The summed E-state index contributed by atoms with van der Waals surface area (Å²) in [6, 6.07) is 3.91. The van der Waals surface area contributed by atoms with Gasteiger partial charge in [0.15, 0.2) is 11.5 Å². The third-order valence-electron chi connectivity index (χ3n) is 4.79. The second-order valence-corrected chi connectivity index (χ2v) is 6.87. The molecule has 26 heavy (non-hydrogen) atoms. The van der Waals surface area contributed by atoms with Crippen LogP contribution in [-0.2, 0) is 19.0 Å².